The van der Waals surface area contributed by atoms with Gasteiger partial charge in [0, 0.05) is 5.69 Å². The average molecular weight is 336 g/mol. The predicted molar refractivity (Wildman–Crippen MR) is 93.0 cm³/mol. The van der Waals surface area contributed by atoms with Crippen LogP contribution in [0, 0.1) is 11.3 Å². The Kier molecular flexibility index (Phi) is 5.91. The molecule has 1 amide bonds. The number of ether oxygens (including phenoxy) is 2. The third kappa shape index (κ3) is 4.69. The van der Waals surface area contributed by atoms with Crippen LogP contribution in [0.4, 0.5) is 5.69 Å². The molecule has 0 bridgehead atoms. The van der Waals surface area contributed by atoms with Crippen molar-refractivity contribution in [2.24, 2.45) is 0 Å². The van der Waals surface area contributed by atoms with Crippen molar-refractivity contribution in [3.05, 3.63) is 65.2 Å². The third-order valence-electron chi connectivity index (χ3n) is 3.33. The first-order chi connectivity index (χ1) is 12.1. The van der Waals surface area contributed by atoms with Gasteiger partial charge in [0.15, 0.2) is 0 Å². The van der Waals surface area contributed by atoms with Crippen molar-refractivity contribution in [3.63, 3.8) is 0 Å². The number of hydrogen-bond donors (Lipinski definition) is 1. The molecule has 0 aliphatic carbocycles. The van der Waals surface area contributed by atoms with E-state index in [2.05, 4.69) is 10.1 Å². The molecule has 0 radical (unpaired) electrons. The Morgan fingerprint density at radius 2 is 1.84 bits per heavy atom. The highest BCUT2D eigenvalue weighted by molar-refractivity contribution is 6.10. The van der Waals surface area contributed by atoms with Crippen LogP contribution in [-0.4, -0.2) is 26.1 Å². The number of methoxy groups -OCH3 is 2. The number of anilines is 1. The molecule has 6 nitrogen and oxygen atoms in total. The Bertz CT molecular complexity index is 848. The summed E-state index contributed by atoms with van der Waals surface area (Å²) < 4.78 is 9.70. The molecule has 0 unspecified atom stereocenters. The van der Waals surface area contributed by atoms with E-state index < -0.39 is 11.9 Å². The molecule has 0 aliphatic rings. The molecule has 0 fully saturated rings. The molecule has 2 rings (SSSR count). The topological polar surface area (TPSA) is 88.4 Å². The molecule has 0 aliphatic heterocycles. The molecule has 0 spiro atoms. The molecule has 0 aromatic heterocycles. The molecule has 0 saturated carbocycles. The van der Waals surface area contributed by atoms with Gasteiger partial charge in [0.1, 0.15) is 17.4 Å². The van der Waals surface area contributed by atoms with Gasteiger partial charge in [-0.2, -0.15) is 5.26 Å². The van der Waals surface area contributed by atoms with Gasteiger partial charge in [-0.3, -0.25) is 4.79 Å². The fourth-order valence-electron chi connectivity index (χ4n) is 2.06. The number of nitriles is 1. The number of esters is 1. The first-order valence-electron chi connectivity index (χ1n) is 7.33. The molecular formula is C19H16N2O4. The third-order valence-corrected chi connectivity index (χ3v) is 3.33. The Morgan fingerprint density at radius 1 is 1.12 bits per heavy atom. The van der Waals surface area contributed by atoms with E-state index >= 15 is 0 Å². The van der Waals surface area contributed by atoms with Crippen molar-refractivity contribution in [2.45, 2.75) is 0 Å². The quantitative estimate of drug-likeness (QED) is 0.515. The van der Waals surface area contributed by atoms with Crippen molar-refractivity contribution in [1.82, 2.24) is 0 Å². The van der Waals surface area contributed by atoms with Gasteiger partial charge in [-0.25, -0.2) is 4.79 Å². The maximum Gasteiger partial charge on any atom is 0.337 e. The molecule has 25 heavy (non-hydrogen) atoms. The van der Waals surface area contributed by atoms with E-state index in [1.807, 2.05) is 6.07 Å². The van der Waals surface area contributed by atoms with Crippen LogP contribution < -0.4 is 10.1 Å². The standard InChI is InChI=1S/C19H16N2O4/c1-24-17-8-6-13(7-9-17)10-15(12-20)18(22)21-16-5-3-4-14(11-16)19(23)25-2/h3-11H,1-2H3,(H,21,22)/b15-10+. The minimum absolute atomic E-state index is 0.0614. The lowest BCUT2D eigenvalue weighted by Crippen LogP contribution is -2.14. The Labute approximate surface area is 145 Å². The highest BCUT2D eigenvalue weighted by Crippen LogP contribution is 2.16. The van der Waals surface area contributed by atoms with Gasteiger partial charge in [0.2, 0.25) is 0 Å². The minimum atomic E-state index is -0.569. The number of amides is 1. The SMILES string of the molecule is COC(=O)c1cccc(NC(=O)/C(C#N)=C/c2ccc(OC)cc2)c1. The summed E-state index contributed by atoms with van der Waals surface area (Å²) in [7, 11) is 2.83. The van der Waals surface area contributed by atoms with Crippen molar-refractivity contribution < 1.29 is 19.1 Å². The van der Waals surface area contributed by atoms with E-state index in [0.717, 1.165) is 0 Å². The largest absolute Gasteiger partial charge is 0.497 e. The van der Waals surface area contributed by atoms with Crippen LogP contribution in [0.3, 0.4) is 0 Å². The second-order valence-corrected chi connectivity index (χ2v) is 4.97. The second-order valence-electron chi connectivity index (χ2n) is 4.97. The zero-order valence-electron chi connectivity index (χ0n) is 13.8. The zero-order chi connectivity index (χ0) is 18.2. The minimum Gasteiger partial charge on any atom is -0.497 e. The number of rotatable bonds is 5. The number of benzene rings is 2. The number of nitrogens with zero attached hydrogens (tertiary/aromatic N) is 1. The molecule has 6 heteroatoms. The molecule has 0 atom stereocenters. The van der Waals surface area contributed by atoms with Gasteiger partial charge in [0.25, 0.3) is 5.91 Å². The van der Waals surface area contributed by atoms with Crippen LogP contribution in [0.2, 0.25) is 0 Å². The van der Waals surface area contributed by atoms with Gasteiger partial charge in [0.05, 0.1) is 19.8 Å². The predicted octanol–water partition coefficient (Wildman–Crippen LogP) is 3.03. The maximum atomic E-state index is 12.3. The van der Waals surface area contributed by atoms with Crippen LogP contribution in [-0.2, 0) is 9.53 Å². The Morgan fingerprint density at radius 3 is 2.44 bits per heavy atom. The van der Waals surface area contributed by atoms with Crippen LogP contribution in [0.1, 0.15) is 15.9 Å². The fourth-order valence-corrected chi connectivity index (χ4v) is 2.06. The second kappa shape index (κ2) is 8.31. The molecule has 0 saturated heterocycles. The number of carbonyl (C=O) groups is 2. The summed E-state index contributed by atoms with van der Waals surface area (Å²) in [4.78, 5) is 23.8. The number of hydrogen-bond acceptors (Lipinski definition) is 5. The van der Waals surface area contributed by atoms with Crippen LogP contribution in [0.25, 0.3) is 6.08 Å². The fraction of sp³-hybridized carbons (Fsp3) is 0.105. The summed E-state index contributed by atoms with van der Waals surface area (Å²) in [6.07, 6.45) is 1.47. The summed E-state index contributed by atoms with van der Waals surface area (Å²) in [5.41, 5.74) is 1.33. The van der Waals surface area contributed by atoms with E-state index in [1.165, 1.54) is 19.3 Å². The van der Waals surface area contributed by atoms with Crippen molar-refractivity contribution in [2.75, 3.05) is 19.5 Å². The highest BCUT2D eigenvalue weighted by Gasteiger charge is 2.11. The Balaban J connectivity index is 2.18. The molecule has 2 aromatic rings. The Hall–Kier alpha value is -3.59. The summed E-state index contributed by atoms with van der Waals surface area (Å²) in [5.74, 6) is -0.398. The van der Waals surface area contributed by atoms with E-state index in [9.17, 15) is 14.9 Å². The van der Waals surface area contributed by atoms with Gasteiger partial charge >= 0.3 is 5.97 Å². The molecule has 126 valence electrons. The lowest BCUT2D eigenvalue weighted by molar-refractivity contribution is -0.112. The van der Waals surface area contributed by atoms with Crippen molar-refractivity contribution in [3.8, 4) is 11.8 Å². The van der Waals surface area contributed by atoms with Gasteiger partial charge in [-0.15, -0.1) is 0 Å². The normalized spacial score (nSPS) is 10.5. The van der Waals surface area contributed by atoms with E-state index in [4.69, 9.17) is 4.74 Å². The van der Waals surface area contributed by atoms with Gasteiger partial charge in [-0.05, 0) is 42.0 Å². The summed E-state index contributed by atoms with van der Waals surface area (Å²) in [6.45, 7) is 0. The van der Waals surface area contributed by atoms with E-state index in [-0.39, 0.29) is 5.57 Å². The molecule has 2 aromatic carbocycles. The first-order valence-corrected chi connectivity index (χ1v) is 7.33. The zero-order valence-corrected chi connectivity index (χ0v) is 13.8. The highest BCUT2D eigenvalue weighted by atomic mass is 16.5. The summed E-state index contributed by atoms with van der Waals surface area (Å²) >= 11 is 0. The molecule has 0 heterocycles. The number of carbonyl (C=O) groups excluding carboxylic acids is 2. The van der Waals surface area contributed by atoms with E-state index in [1.54, 1.807) is 49.6 Å². The molecule has 1 N–H and O–H groups in total. The van der Waals surface area contributed by atoms with Crippen LogP contribution in [0.15, 0.2) is 54.1 Å². The summed E-state index contributed by atoms with van der Waals surface area (Å²) in [5, 5.41) is 11.8. The van der Waals surface area contributed by atoms with E-state index in [0.29, 0.717) is 22.6 Å². The number of nitrogens with one attached hydrogen (secondary N) is 1. The lowest BCUT2D eigenvalue weighted by Gasteiger charge is -2.06. The first kappa shape index (κ1) is 17.8. The van der Waals surface area contributed by atoms with Gasteiger partial charge in [-0.1, -0.05) is 18.2 Å². The maximum absolute atomic E-state index is 12.3. The van der Waals surface area contributed by atoms with Crippen molar-refractivity contribution in [1.29, 1.82) is 5.26 Å². The average Bonchev–Trinajstić information content (AvgIpc) is 2.66. The van der Waals surface area contributed by atoms with Crippen LogP contribution >= 0.6 is 0 Å². The molecular weight excluding hydrogens is 320 g/mol. The smallest absolute Gasteiger partial charge is 0.337 e. The van der Waals surface area contributed by atoms with Gasteiger partial charge < -0.3 is 14.8 Å². The van der Waals surface area contributed by atoms with Crippen LogP contribution in [0.5, 0.6) is 5.75 Å². The lowest BCUT2D eigenvalue weighted by atomic mass is 10.1. The monoisotopic (exact) mass is 336 g/mol. The van der Waals surface area contributed by atoms with Crippen molar-refractivity contribution >= 4 is 23.6 Å². The summed E-state index contributed by atoms with van der Waals surface area (Å²) in [6, 6.07) is 15.1.